The first-order valence-corrected chi connectivity index (χ1v) is 10.9. The summed E-state index contributed by atoms with van der Waals surface area (Å²) in [5.41, 5.74) is 2.74. The summed E-state index contributed by atoms with van der Waals surface area (Å²) < 4.78 is 1.99. The maximum Gasteiger partial charge on any atom is 0.272 e. The molecule has 2 heterocycles. The Morgan fingerprint density at radius 1 is 1.21 bits per heavy atom. The number of likely N-dealkylation sites (tertiary alicyclic amines) is 1. The molecule has 0 radical (unpaired) electrons. The van der Waals surface area contributed by atoms with Crippen molar-refractivity contribution in [2.75, 3.05) is 13.1 Å². The lowest BCUT2D eigenvalue weighted by molar-refractivity contribution is 0.0902. The normalized spacial score (nSPS) is 16.4. The predicted octanol–water partition coefficient (Wildman–Crippen LogP) is 4.81. The van der Waals surface area contributed by atoms with Gasteiger partial charge in [-0.2, -0.15) is 5.10 Å². The molecule has 0 bridgehead atoms. The van der Waals surface area contributed by atoms with E-state index in [1.54, 1.807) is 0 Å². The van der Waals surface area contributed by atoms with Crippen LogP contribution in [0.1, 0.15) is 75.1 Å². The van der Waals surface area contributed by atoms with Crippen molar-refractivity contribution in [1.82, 2.24) is 20.0 Å². The molecule has 0 saturated carbocycles. The van der Waals surface area contributed by atoms with Crippen LogP contribution in [0.5, 0.6) is 0 Å². The van der Waals surface area contributed by atoms with E-state index in [4.69, 9.17) is 11.6 Å². The molecule has 1 aromatic carbocycles. The van der Waals surface area contributed by atoms with Crippen molar-refractivity contribution in [1.29, 1.82) is 0 Å². The second-order valence-electron chi connectivity index (χ2n) is 9.34. The molecule has 1 aromatic heterocycles. The third kappa shape index (κ3) is 5.61. The first kappa shape index (κ1) is 21.8. The van der Waals surface area contributed by atoms with E-state index in [2.05, 4.69) is 62.1 Å². The summed E-state index contributed by atoms with van der Waals surface area (Å²) in [6.45, 7) is 13.5. The number of rotatable bonds is 5. The minimum Gasteiger partial charge on any atom is -0.348 e. The zero-order valence-corrected chi connectivity index (χ0v) is 19.0. The van der Waals surface area contributed by atoms with Crippen LogP contribution in [-0.4, -0.2) is 39.7 Å². The second-order valence-corrected chi connectivity index (χ2v) is 9.78. The standard InChI is InChI=1S/C23H33ClN4O/c1-16(2)21-14-20(26-28(21)23(3,4)5)22(29)25-19-10-12-27(13-11-19)15-17-6-8-18(24)9-7-17/h6-9,14,16,19H,10-13,15H2,1-5H3,(H,25,29). The van der Waals surface area contributed by atoms with E-state index in [0.29, 0.717) is 11.6 Å². The Hall–Kier alpha value is -1.85. The molecule has 0 atom stereocenters. The smallest absolute Gasteiger partial charge is 0.272 e. The summed E-state index contributed by atoms with van der Waals surface area (Å²) in [7, 11) is 0. The maximum absolute atomic E-state index is 12.8. The molecule has 0 aliphatic carbocycles. The van der Waals surface area contributed by atoms with Gasteiger partial charge in [-0.05, 0) is 63.3 Å². The van der Waals surface area contributed by atoms with Crippen LogP contribution < -0.4 is 5.32 Å². The molecule has 0 spiro atoms. The monoisotopic (exact) mass is 416 g/mol. The molecular formula is C23H33ClN4O. The van der Waals surface area contributed by atoms with Crippen LogP contribution in [0, 0.1) is 0 Å². The lowest BCUT2D eigenvalue weighted by Crippen LogP contribution is -2.44. The van der Waals surface area contributed by atoms with Gasteiger partial charge in [-0.3, -0.25) is 14.4 Å². The molecule has 1 amide bonds. The van der Waals surface area contributed by atoms with Crippen molar-refractivity contribution in [2.45, 2.75) is 71.5 Å². The van der Waals surface area contributed by atoms with E-state index in [1.807, 2.05) is 22.9 Å². The molecule has 0 unspecified atom stereocenters. The lowest BCUT2D eigenvalue weighted by Gasteiger charge is -2.32. The number of carbonyl (C=O) groups excluding carboxylic acids is 1. The summed E-state index contributed by atoms with van der Waals surface area (Å²) in [6, 6.07) is 10.2. The summed E-state index contributed by atoms with van der Waals surface area (Å²) >= 11 is 5.97. The maximum atomic E-state index is 12.8. The zero-order chi connectivity index (χ0) is 21.2. The van der Waals surface area contributed by atoms with Gasteiger partial charge in [0.2, 0.25) is 0 Å². The third-order valence-electron chi connectivity index (χ3n) is 5.44. The van der Waals surface area contributed by atoms with E-state index >= 15 is 0 Å². The number of nitrogens with zero attached hydrogens (tertiary/aromatic N) is 3. The number of hydrogen-bond donors (Lipinski definition) is 1. The van der Waals surface area contributed by atoms with E-state index in [-0.39, 0.29) is 17.5 Å². The molecule has 2 aromatic rings. The van der Waals surface area contributed by atoms with Gasteiger partial charge >= 0.3 is 0 Å². The Morgan fingerprint density at radius 3 is 2.34 bits per heavy atom. The molecule has 1 saturated heterocycles. The molecule has 1 fully saturated rings. The Morgan fingerprint density at radius 2 is 1.83 bits per heavy atom. The summed E-state index contributed by atoms with van der Waals surface area (Å²) in [4.78, 5) is 15.2. The topological polar surface area (TPSA) is 50.2 Å². The van der Waals surface area contributed by atoms with Crippen LogP contribution in [0.3, 0.4) is 0 Å². The molecule has 3 rings (SSSR count). The number of aromatic nitrogens is 2. The van der Waals surface area contributed by atoms with Crippen molar-refractivity contribution in [3.8, 4) is 0 Å². The minimum absolute atomic E-state index is 0.0638. The highest BCUT2D eigenvalue weighted by Crippen LogP contribution is 2.24. The van der Waals surface area contributed by atoms with Gasteiger partial charge in [-0.1, -0.05) is 37.6 Å². The Bertz CT molecular complexity index is 828. The van der Waals surface area contributed by atoms with Gasteiger partial charge in [0.1, 0.15) is 5.69 Å². The van der Waals surface area contributed by atoms with Crippen molar-refractivity contribution in [2.24, 2.45) is 0 Å². The summed E-state index contributed by atoms with van der Waals surface area (Å²) in [5.74, 6) is 0.255. The quantitative estimate of drug-likeness (QED) is 0.760. The van der Waals surface area contributed by atoms with Crippen LogP contribution in [0.2, 0.25) is 5.02 Å². The first-order valence-electron chi connectivity index (χ1n) is 10.5. The molecule has 1 aliphatic rings. The Balaban J connectivity index is 1.56. The van der Waals surface area contributed by atoms with E-state index in [9.17, 15) is 4.79 Å². The van der Waals surface area contributed by atoms with Crippen molar-refractivity contribution in [3.05, 3.63) is 52.3 Å². The number of amides is 1. The number of benzene rings is 1. The third-order valence-corrected chi connectivity index (χ3v) is 5.69. The van der Waals surface area contributed by atoms with Gasteiger partial charge in [-0.15, -0.1) is 0 Å². The van der Waals surface area contributed by atoms with Crippen molar-refractivity contribution in [3.63, 3.8) is 0 Å². The molecule has 6 heteroatoms. The summed E-state index contributed by atoms with van der Waals surface area (Å²) in [6.07, 6.45) is 1.91. The molecule has 1 aliphatic heterocycles. The molecule has 1 N–H and O–H groups in total. The van der Waals surface area contributed by atoms with Gasteiger partial charge in [0.25, 0.3) is 5.91 Å². The van der Waals surface area contributed by atoms with Crippen LogP contribution >= 0.6 is 11.6 Å². The zero-order valence-electron chi connectivity index (χ0n) is 18.2. The fraction of sp³-hybridized carbons (Fsp3) is 0.565. The van der Waals surface area contributed by atoms with E-state index in [0.717, 1.165) is 43.2 Å². The van der Waals surface area contributed by atoms with Crippen LogP contribution in [0.4, 0.5) is 0 Å². The lowest BCUT2D eigenvalue weighted by atomic mass is 10.0. The number of piperidine rings is 1. The van der Waals surface area contributed by atoms with Gasteiger partial charge in [0, 0.05) is 36.4 Å². The number of nitrogens with one attached hydrogen (secondary N) is 1. The summed E-state index contributed by atoms with van der Waals surface area (Å²) in [5, 5.41) is 8.60. The highest BCUT2D eigenvalue weighted by atomic mass is 35.5. The largest absolute Gasteiger partial charge is 0.348 e. The molecule has 29 heavy (non-hydrogen) atoms. The number of carbonyl (C=O) groups is 1. The average molecular weight is 417 g/mol. The van der Waals surface area contributed by atoms with Crippen LogP contribution in [0.25, 0.3) is 0 Å². The van der Waals surface area contributed by atoms with Gasteiger partial charge in [0.15, 0.2) is 0 Å². The van der Waals surface area contributed by atoms with E-state index < -0.39 is 0 Å². The molecular weight excluding hydrogens is 384 g/mol. The van der Waals surface area contributed by atoms with E-state index in [1.165, 1.54) is 5.56 Å². The van der Waals surface area contributed by atoms with Crippen LogP contribution in [-0.2, 0) is 12.1 Å². The Kier molecular flexibility index (Phi) is 6.69. The highest BCUT2D eigenvalue weighted by Gasteiger charge is 2.26. The minimum atomic E-state index is -0.148. The predicted molar refractivity (Wildman–Crippen MR) is 119 cm³/mol. The van der Waals surface area contributed by atoms with Gasteiger partial charge < -0.3 is 5.32 Å². The fourth-order valence-electron chi connectivity index (χ4n) is 3.80. The van der Waals surface area contributed by atoms with Crippen LogP contribution in [0.15, 0.2) is 30.3 Å². The number of halogens is 1. The second kappa shape index (κ2) is 8.88. The SMILES string of the molecule is CC(C)c1cc(C(=O)NC2CCN(Cc3ccc(Cl)cc3)CC2)nn1C(C)(C)C. The molecule has 5 nitrogen and oxygen atoms in total. The Labute approximate surface area is 179 Å². The van der Waals surface area contributed by atoms with Gasteiger partial charge in [0.05, 0.1) is 5.54 Å². The fourth-order valence-corrected chi connectivity index (χ4v) is 3.92. The van der Waals surface area contributed by atoms with Gasteiger partial charge in [-0.25, -0.2) is 0 Å². The number of hydrogen-bond acceptors (Lipinski definition) is 3. The average Bonchev–Trinajstić information content (AvgIpc) is 3.12. The van der Waals surface area contributed by atoms with Crippen molar-refractivity contribution < 1.29 is 4.79 Å². The van der Waals surface area contributed by atoms with Crippen molar-refractivity contribution >= 4 is 17.5 Å². The first-order chi connectivity index (χ1) is 13.6. The highest BCUT2D eigenvalue weighted by molar-refractivity contribution is 6.30. The molecule has 158 valence electrons.